The van der Waals surface area contributed by atoms with Crippen LogP contribution in [0.2, 0.25) is 0 Å². The molecule has 1 atom stereocenters. The Morgan fingerprint density at radius 2 is 1.65 bits per heavy atom. The third-order valence-corrected chi connectivity index (χ3v) is 4.24. The molecule has 3 nitrogen and oxygen atoms in total. The van der Waals surface area contributed by atoms with Crippen LogP contribution in [0.1, 0.15) is 28.4 Å². The van der Waals surface area contributed by atoms with Gasteiger partial charge in [-0.05, 0) is 35.7 Å². The second-order valence-corrected chi connectivity index (χ2v) is 6.48. The van der Waals surface area contributed by atoms with Crippen molar-refractivity contribution in [3.05, 3.63) is 101 Å². The Hall–Kier alpha value is -2.62. The average molecular weight is 347 g/mol. The molecule has 0 bridgehead atoms. The summed E-state index contributed by atoms with van der Waals surface area (Å²) < 4.78 is 5.91. The third kappa shape index (κ3) is 5.45. The summed E-state index contributed by atoms with van der Waals surface area (Å²) in [6.45, 7) is 3.84. The number of hydrogen-bond donors (Lipinski definition) is 2. The first-order chi connectivity index (χ1) is 12.7. The molecule has 0 heterocycles. The van der Waals surface area contributed by atoms with Crippen LogP contribution in [-0.2, 0) is 13.2 Å². The van der Waals surface area contributed by atoms with Crippen molar-refractivity contribution in [2.24, 2.45) is 0 Å². The third-order valence-electron chi connectivity index (χ3n) is 4.24. The summed E-state index contributed by atoms with van der Waals surface area (Å²) in [6.07, 6.45) is -0.503. The van der Waals surface area contributed by atoms with Crippen LogP contribution in [-0.4, -0.2) is 11.7 Å². The van der Waals surface area contributed by atoms with Gasteiger partial charge in [-0.25, -0.2) is 0 Å². The van der Waals surface area contributed by atoms with Gasteiger partial charge in [-0.3, -0.25) is 0 Å². The van der Waals surface area contributed by atoms with E-state index in [1.54, 1.807) is 0 Å². The van der Waals surface area contributed by atoms with E-state index in [4.69, 9.17) is 4.74 Å². The number of hydrogen-bond acceptors (Lipinski definition) is 3. The predicted molar refractivity (Wildman–Crippen MR) is 105 cm³/mol. The van der Waals surface area contributed by atoms with Gasteiger partial charge in [0.05, 0.1) is 6.10 Å². The maximum Gasteiger partial charge on any atom is 0.120 e. The molecule has 3 aromatic carbocycles. The molecule has 0 saturated carbocycles. The molecule has 3 aromatic rings. The molecule has 26 heavy (non-hydrogen) atoms. The fraction of sp³-hybridized carbons (Fsp3) is 0.217. The first-order valence-corrected chi connectivity index (χ1v) is 8.92. The van der Waals surface area contributed by atoms with Gasteiger partial charge in [-0.1, -0.05) is 72.3 Å². The molecular formula is C23H25NO2. The summed E-state index contributed by atoms with van der Waals surface area (Å²) in [5, 5.41) is 13.5. The first-order valence-electron chi connectivity index (χ1n) is 8.92. The highest BCUT2D eigenvalue weighted by atomic mass is 16.5. The minimum atomic E-state index is -0.503. The lowest BCUT2D eigenvalue weighted by atomic mass is 10.1. The molecule has 0 fully saturated rings. The summed E-state index contributed by atoms with van der Waals surface area (Å²) >= 11 is 0. The van der Waals surface area contributed by atoms with Crippen molar-refractivity contribution in [2.45, 2.75) is 26.2 Å². The van der Waals surface area contributed by atoms with Crippen LogP contribution in [0.15, 0.2) is 78.9 Å². The maximum absolute atomic E-state index is 10.2. The van der Waals surface area contributed by atoms with Gasteiger partial charge in [0.1, 0.15) is 12.4 Å². The number of aliphatic hydroxyl groups is 1. The predicted octanol–water partition coefficient (Wildman–Crippen LogP) is 4.40. The van der Waals surface area contributed by atoms with Crippen LogP contribution in [0.25, 0.3) is 0 Å². The van der Waals surface area contributed by atoms with Crippen molar-refractivity contribution in [3.63, 3.8) is 0 Å². The molecule has 0 saturated heterocycles. The largest absolute Gasteiger partial charge is 0.489 e. The molecule has 134 valence electrons. The molecule has 0 aliphatic heterocycles. The number of rotatable bonds is 8. The zero-order chi connectivity index (χ0) is 18.2. The average Bonchev–Trinajstić information content (AvgIpc) is 2.67. The molecule has 0 radical (unpaired) electrons. The van der Waals surface area contributed by atoms with Crippen LogP contribution in [0, 0.1) is 6.92 Å². The molecule has 0 amide bonds. The van der Waals surface area contributed by atoms with Gasteiger partial charge in [0.25, 0.3) is 0 Å². The van der Waals surface area contributed by atoms with Crippen LogP contribution in [0.4, 0.5) is 0 Å². The van der Waals surface area contributed by atoms with E-state index in [-0.39, 0.29) is 0 Å². The first kappa shape index (κ1) is 18.2. The quantitative estimate of drug-likeness (QED) is 0.635. The zero-order valence-corrected chi connectivity index (χ0v) is 15.1. The van der Waals surface area contributed by atoms with Gasteiger partial charge in [0, 0.05) is 13.1 Å². The van der Waals surface area contributed by atoms with E-state index < -0.39 is 6.10 Å². The number of benzene rings is 3. The van der Waals surface area contributed by atoms with E-state index >= 15 is 0 Å². The molecule has 0 spiro atoms. The highest BCUT2D eigenvalue weighted by Gasteiger charge is 2.06. The van der Waals surface area contributed by atoms with Crippen LogP contribution in [0.5, 0.6) is 5.75 Å². The van der Waals surface area contributed by atoms with E-state index in [0.717, 1.165) is 16.9 Å². The standard InChI is InChI=1S/C23H25NO2/c1-18-7-5-9-20(13-18)17-26-22-12-6-8-19(14-22)15-24-16-23(25)21-10-3-2-4-11-21/h2-14,23-25H,15-17H2,1H3/t23-/m1/s1. The topological polar surface area (TPSA) is 41.5 Å². The molecule has 2 N–H and O–H groups in total. The van der Waals surface area contributed by atoms with Gasteiger partial charge in [0.2, 0.25) is 0 Å². The Labute approximate surface area is 155 Å². The minimum absolute atomic E-state index is 0.503. The highest BCUT2D eigenvalue weighted by molar-refractivity contribution is 5.29. The van der Waals surface area contributed by atoms with Crippen molar-refractivity contribution in [1.29, 1.82) is 0 Å². The van der Waals surface area contributed by atoms with Gasteiger partial charge in [-0.2, -0.15) is 0 Å². The molecule has 0 aliphatic rings. The van der Waals surface area contributed by atoms with Gasteiger partial charge < -0.3 is 15.2 Å². The minimum Gasteiger partial charge on any atom is -0.489 e. The Morgan fingerprint density at radius 1 is 0.885 bits per heavy atom. The van der Waals surface area contributed by atoms with Crippen molar-refractivity contribution in [1.82, 2.24) is 5.32 Å². The summed E-state index contributed by atoms with van der Waals surface area (Å²) in [7, 11) is 0. The number of aliphatic hydroxyl groups excluding tert-OH is 1. The van der Waals surface area contributed by atoms with E-state index in [0.29, 0.717) is 19.7 Å². The highest BCUT2D eigenvalue weighted by Crippen LogP contribution is 2.16. The molecule has 0 aliphatic carbocycles. The second kappa shape index (κ2) is 9.18. The summed E-state index contributed by atoms with van der Waals surface area (Å²) in [5.41, 5.74) is 4.46. The van der Waals surface area contributed by atoms with Gasteiger partial charge >= 0.3 is 0 Å². The number of ether oxygens (including phenoxy) is 1. The summed E-state index contributed by atoms with van der Waals surface area (Å²) in [6, 6.07) is 26.1. The summed E-state index contributed by atoms with van der Waals surface area (Å²) in [5.74, 6) is 0.856. The lowest BCUT2D eigenvalue weighted by Gasteiger charge is -2.13. The fourth-order valence-electron chi connectivity index (χ4n) is 2.86. The number of nitrogens with one attached hydrogen (secondary N) is 1. The molecule has 3 rings (SSSR count). The Bertz CT molecular complexity index is 817. The Morgan fingerprint density at radius 3 is 2.46 bits per heavy atom. The second-order valence-electron chi connectivity index (χ2n) is 6.48. The monoisotopic (exact) mass is 347 g/mol. The molecular weight excluding hydrogens is 322 g/mol. The zero-order valence-electron chi connectivity index (χ0n) is 15.1. The lowest BCUT2D eigenvalue weighted by molar-refractivity contribution is 0.174. The maximum atomic E-state index is 10.2. The Balaban J connectivity index is 1.49. The van der Waals surface area contributed by atoms with Crippen LogP contribution >= 0.6 is 0 Å². The molecule has 0 aromatic heterocycles. The van der Waals surface area contributed by atoms with E-state index in [2.05, 4.69) is 36.5 Å². The number of aryl methyl sites for hydroxylation is 1. The van der Waals surface area contributed by atoms with Crippen molar-refractivity contribution in [2.75, 3.05) is 6.54 Å². The molecule has 3 heteroatoms. The fourth-order valence-corrected chi connectivity index (χ4v) is 2.86. The van der Waals surface area contributed by atoms with Crippen LogP contribution < -0.4 is 10.1 Å². The Kier molecular flexibility index (Phi) is 6.42. The van der Waals surface area contributed by atoms with Gasteiger partial charge in [0.15, 0.2) is 0 Å². The van der Waals surface area contributed by atoms with Crippen LogP contribution in [0.3, 0.4) is 0 Å². The lowest BCUT2D eigenvalue weighted by Crippen LogP contribution is -2.21. The van der Waals surface area contributed by atoms with Crippen molar-refractivity contribution >= 4 is 0 Å². The van der Waals surface area contributed by atoms with E-state index in [1.165, 1.54) is 11.1 Å². The molecule has 0 unspecified atom stereocenters. The SMILES string of the molecule is Cc1cccc(COc2cccc(CNC[C@@H](O)c3ccccc3)c2)c1. The van der Waals surface area contributed by atoms with E-state index in [9.17, 15) is 5.11 Å². The van der Waals surface area contributed by atoms with E-state index in [1.807, 2.05) is 54.6 Å². The van der Waals surface area contributed by atoms with Crippen molar-refractivity contribution < 1.29 is 9.84 Å². The normalized spacial score (nSPS) is 11.9. The smallest absolute Gasteiger partial charge is 0.120 e. The van der Waals surface area contributed by atoms with Gasteiger partial charge in [-0.15, -0.1) is 0 Å². The van der Waals surface area contributed by atoms with Crippen molar-refractivity contribution in [3.8, 4) is 5.75 Å². The summed E-state index contributed by atoms with van der Waals surface area (Å²) in [4.78, 5) is 0.